The van der Waals surface area contributed by atoms with Crippen LogP contribution in [0.5, 0.6) is 5.19 Å². The predicted octanol–water partition coefficient (Wildman–Crippen LogP) is 5.75. The summed E-state index contributed by atoms with van der Waals surface area (Å²) >= 11 is 1.42. The minimum absolute atomic E-state index is 0.233. The zero-order valence-corrected chi connectivity index (χ0v) is 21.0. The standard InChI is InChI=1S/C26H35F2N3O2S/c1-18-21(4-3-12-29-18)23(32)16-20-7-5-19(6-8-20)9-13-31-14-10-22-24(11-15-31)34-25(30-22)33-17-26(2,27)28/h3-4,12,19-20H,5-11,13-17H2,1-2H3. The molecule has 0 bridgehead atoms. The molecule has 0 radical (unpaired) electrons. The van der Waals surface area contributed by atoms with Crippen LogP contribution in [0.4, 0.5) is 8.78 Å². The number of aromatic nitrogens is 2. The molecule has 5 nitrogen and oxygen atoms in total. The van der Waals surface area contributed by atoms with Gasteiger partial charge in [-0.1, -0.05) is 24.2 Å². The summed E-state index contributed by atoms with van der Waals surface area (Å²) in [5.41, 5.74) is 2.61. The van der Waals surface area contributed by atoms with Crippen molar-refractivity contribution in [2.45, 2.75) is 71.1 Å². The van der Waals surface area contributed by atoms with E-state index in [0.717, 1.165) is 75.1 Å². The number of nitrogens with zero attached hydrogens (tertiary/aromatic N) is 3. The van der Waals surface area contributed by atoms with Crippen molar-refractivity contribution in [3.63, 3.8) is 0 Å². The second-order valence-corrected chi connectivity index (χ2v) is 11.0. The van der Waals surface area contributed by atoms with Gasteiger partial charge in [-0.05, 0) is 63.1 Å². The van der Waals surface area contributed by atoms with Crippen LogP contribution in [0.25, 0.3) is 0 Å². The maximum Gasteiger partial charge on any atom is 0.278 e. The summed E-state index contributed by atoms with van der Waals surface area (Å²) in [4.78, 5) is 25.1. The molecule has 2 aliphatic rings. The number of carbonyl (C=O) groups excluding carboxylic acids is 1. The zero-order valence-electron chi connectivity index (χ0n) is 20.2. The molecule has 0 N–H and O–H groups in total. The number of Topliss-reactive ketones (excluding diaryl/α,β-unsaturated/α-hetero) is 1. The highest BCUT2D eigenvalue weighted by atomic mass is 32.1. The lowest BCUT2D eigenvalue weighted by Gasteiger charge is -2.30. The number of fused-ring (bicyclic) bond motifs is 1. The Bertz CT molecular complexity index is 942. The number of halogens is 2. The van der Waals surface area contributed by atoms with Gasteiger partial charge in [0.2, 0.25) is 0 Å². The van der Waals surface area contributed by atoms with E-state index in [2.05, 4.69) is 14.9 Å². The Kier molecular flexibility index (Phi) is 8.30. The molecule has 0 saturated heterocycles. The van der Waals surface area contributed by atoms with E-state index in [4.69, 9.17) is 4.74 Å². The van der Waals surface area contributed by atoms with Gasteiger partial charge in [0.25, 0.3) is 11.1 Å². The van der Waals surface area contributed by atoms with Gasteiger partial charge < -0.3 is 9.64 Å². The van der Waals surface area contributed by atoms with Gasteiger partial charge in [-0.15, -0.1) is 0 Å². The third kappa shape index (κ3) is 7.04. The van der Waals surface area contributed by atoms with Gasteiger partial charge in [0.05, 0.1) is 5.69 Å². The van der Waals surface area contributed by atoms with Crippen LogP contribution in [0.1, 0.15) is 72.1 Å². The number of carbonyl (C=O) groups is 1. The van der Waals surface area contributed by atoms with Crippen molar-refractivity contribution in [3.8, 4) is 5.19 Å². The lowest BCUT2D eigenvalue weighted by Crippen LogP contribution is -2.30. The van der Waals surface area contributed by atoms with Crippen LogP contribution in [0.15, 0.2) is 18.3 Å². The molecule has 2 aromatic heterocycles. The Morgan fingerprint density at radius 3 is 2.68 bits per heavy atom. The molecule has 186 valence electrons. The smallest absolute Gasteiger partial charge is 0.278 e. The second-order valence-electron chi connectivity index (χ2n) is 9.99. The molecular weight excluding hydrogens is 456 g/mol. The molecule has 2 aromatic rings. The monoisotopic (exact) mass is 491 g/mol. The topological polar surface area (TPSA) is 55.3 Å². The van der Waals surface area contributed by atoms with Crippen LogP contribution in [0.3, 0.4) is 0 Å². The van der Waals surface area contributed by atoms with Gasteiger partial charge >= 0.3 is 0 Å². The van der Waals surface area contributed by atoms with Crippen LogP contribution in [-0.2, 0) is 12.8 Å². The number of ketones is 1. The van der Waals surface area contributed by atoms with Crippen LogP contribution >= 0.6 is 11.3 Å². The molecular formula is C26H35F2N3O2S. The third-order valence-corrected chi connectivity index (χ3v) is 8.20. The maximum absolute atomic E-state index is 13.0. The molecule has 1 aliphatic heterocycles. The van der Waals surface area contributed by atoms with Crippen molar-refractivity contribution in [1.82, 2.24) is 14.9 Å². The quantitative estimate of drug-likeness (QED) is 0.418. The lowest BCUT2D eigenvalue weighted by molar-refractivity contribution is -0.0230. The number of pyridine rings is 1. The van der Waals surface area contributed by atoms with Gasteiger partial charge in [0, 0.05) is 55.2 Å². The van der Waals surface area contributed by atoms with Crippen molar-refractivity contribution in [3.05, 3.63) is 40.2 Å². The first kappa shape index (κ1) is 25.2. The van der Waals surface area contributed by atoms with Gasteiger partial charge in [0.15, 0.2) is 12.4 Å². The predicted molar refractivity (Wildman–Crippen MR) is 130 cm³/mol. The maximum atomic E-state index is 13.0. The summed E-state index contributed by atoms with van der Waals surface area (Å²) in [5.74, 6) is -1.38. The first-order valence-electron chi connectivity index (χ1n) is 12.4. The average molecular weight is 492 g/mol. The molecule has 4 rings (SSSR count). The van der Waals surface area contributed by atoms with E-state index in [0.29, 0.717) is 17.5 Å². The SMILES string of the molecule is Cc1ncccc1C(=O)CC1CCC(CCN2CCc3nc(OCC(C)(F)F)sc3CC2)CC1. The molecule has 8 heteroatoms. The number of ether oxygens (including phenoxy) is 1. The molecule has 3 heterocycles. The highest BCUT2D eigenvalue weighted by Crippen LogP contribution is 2.34. The Hall–Kier alpha value is -1.93. The van der Waals surface area contributed by atoms with Crippen molar-refractivity contribution >= 4 is 17.1 Å². The summed E-state index contributed by atoms with van der Waals surface area (Å²) < 4.78 is 31.3. The van der Waals surface area contributed by atoms with E-state index < -0.39 is 12.5 Å². The second kappa shape index (κ2) is 11.2. The Morgan fingerprint density at radius 1 is 1.21 bits per heavy atom. The summed E-state index contributed by atoms with van der Waals surface area (Å²) in [7, 11) is 0. The van der Waals surface area contributed by atoms with Gasteiger partial charge in [-0.2, -0.15) is 0 Å². The molecule has 1 saturated carbocycles. The van der Waals surface area contributed by atoms with Crippen molar-refractivity contribution in [1.29, 1.82) is 0 Å². The summed E-state index contributed by atoms with van der Waals surface area (Å²) in [6.45, 7) is 5.16. The van der Waals surface area contributed by atoms with E-state index >= 15 is 0 Å². The van der Waals surface area contributed by atoms with E-state index in [1.54, 1.807) is 6.20 Å². The number of hydrogen-bond acceptors (Lipinski definition) is 6. The zero-order chi connectivity index (χ0) is 24.1. The van der Waals surface area contributed by atoms with E-state index in [9.17, 15) is 13.6 Å². The van der Waals surface area contributed by atoms with E-state index in [-0.39, 0.29) is 5.78 Å². The molecule has 1 aliphatic carbocycles. The highest BCUT2D eigenvalue weighted by molar-refractivity contribution is 7.13. The van der Waals surface area contributed by atoms with Crippen LogP contribution in [0, 0.1) is 18.8 Å². The third-order valence-electron chi connectivity index (χ3n) is 7.13. The summed E-state index contributed by atoms with van der Waals surface area (Å²) in [6.07, 6.45) is 10.0. The Balaban J connectivity index is 1.16. The first-order chi connectivity index (χ1) is 16.3. The van der Waals surface area contributed by atoms with Gasteiger partial charge in [-0.3, -0.25) is 9.78 Å². The minimum atomic E-state index is -2.84. The highest BCUT2D eigenvalue weighted by Gasteiger charge is 2.26. The molecule has 0 atom stereocenters. The first-order valence-corrected chi connectivity index (χ1v) is 13.2. The Labute approximate surface area is 204 Å². The van der Waals surface area contributed by atoms with Gasteiger partial charge in [-0.25, -0.2) is 13.8 Å². The van der Waals surface area contributed by atoms with Crippen molar-refractivity contribution < 1.29 is 18.3 Å². The fourth-order valence-corrected chi connectivity index (χ4v) is 6.04. The van der Waals surface area contributed by atoms with Crippen molar-refractivity contribution in [2.24, 2.45) is 11.8 Å². The molecule has 34 heavy (non-hydrogen) atoms. The molecule has 0 aromatic carbocycles. The number of hydrogen-bond donors (Lipinski definition) is 0. The summed E-state index contributed by atoms with van der Waals surface area (Å²) in [5, 5.41) is 0.369. The number of thiazole rings is 1. The van der Waals surface area contributed by atoms with Crippen molar-refractivity contribution in [2.75, 3.05) is 26.2 Å². The molecule has 0 spiro atoms. The molecule has 0 unspecified atom stereocenters. The van der Waals surface area contributed by atoms with E-state index in [1.165, 1.54) is 35.5 Å². The number of rotatable bonds is 9. The lowest BCUT2D eigenvalue weighted by atomic mass is 9.78. The van der Waals surface area contributed by atoms with Crippen LogP contribution in [-0.4, -0.2) is 52.8 Å². The molecule has 1 fully saturated rings. The van der Waals surface area contributed by atoms with E-state index in [1.807, 2.05) is 19.1 Å². The average Bonchev–Trinajstić information content (AvgIpc) is 3.10. The largest absolute Gasteiger partial charge is 0.464 e. The number of alkyl halides is 2. The van der Waals surface area contributed by atoms with Crippen LogP contribution in [0.2, 0.25) is 0 Å². The molecule has 0 amide bonds. The Morgan fingerprint density at radius 2 is 1.94 bits per heavy atom. The minimum Gasteiger partial charge on any atom is -0.464 e. The summed E-state index contributed by atoms with van der Waals surface area (Å²) in [6, 6.07) is 3.74. The fraction of sp³-hybridized carbons (Fsp3) is 0.654. The van der Waals surface area contributed by atoms with Crippen LogP contribution < -0.4 is 4.74 Å². The number of aryl methyl sites for hydroxylation is 1. The normalized spacial score (nSPS) is 21.6. The fourth-order valence-electron chi connectivity index (χ4n) is 5.10. The van der Waals surface area contributed by atoms with Gasteiger partial charge in [0.1, 0.15) is 0 Å².